The lowest BCUT2D eigenvalue weighted by atomic mass is 9.67. The lowest BCUT2D eigenvalue weighted by Gasteiger charge is -2.39. The molecule has 0 N–H and O–H groups in total. The molecule has 1 aromatic rings. The fraction of sp³-hybridized carbons (Fsp3) is 0.560. The van der Waals surface area contributed by atoms with Gasteiger partial charge < -0.3 is 14.4 Å². The second-order valence-electron chi connectivity index (χ2n) is 9.45. The van der Waals surface area contributed by atoms with Crippen LogP contribution in [-0.2, 0) is 19.1 Å². The predicted octanol–water partition coefficient (Wildman–Crippen LogP) is 3.90. The Hall–Kier alpha value is -2.47. The number of hydrogen-bond acceptors (Lipinski definition) is 6. The number of allylic oxidation sites excluding steroid dienone is 2. The van der Waals surface area contributed by atoms with E-state index in [-0.39, 0.29) is 23.1 Å². The van der Waals surface area contributed by atoms with Crippen molar-refractivity contribution in [3.63, 3.8) is 0 Å². The summed E-state index contributed by atoms with van der Waals surface area (Å²) in [6.07, 6.45) is 1.21. The minimum absolute atomic E-state index is 0.0963. The number of morpholine rings is 1. The van der Waals surface area contributed by atoms with E-state index in [2.05, 4.69) is 43.0 Å². The molecule has 166 valence electrons. The van der Waals surface area contributed by atoms with Crippen LogP contribution in [0.25, 0.3) is 0 Å². The van der Waals surface area contributed by atoms with Gasteiger partial charge in [0.25, 0.3) is 0 Å². The summed E-state index contributed by atoms with van der Waals surface area (Å²) in [5.41, 5.74) is 4.23. The number of Topliss-reactive ketones (excluding diaryl/α,β-unsaturated/α-hetero) is 1. The van der Waals surface area contributed by atoms with Crippen LogP contribution < -0.4 is 4.90 Å². The molecule has 0 bridgehead atoms. The molecule has 1 aromatic carbocycles. The maximum atomic E-state index is 13.3. The van der Waals surface area contributed by atoms with Crippen LogP contribution in [0.4, 0.5) is 5.69 Å². The summed E-state index contributed by atoms with van der Waals surface area (Å²) in [6.45, 7) is 11.4. The Morgan fingerprint density at radius 3 is 2.52 bits per heavy atom. The van der Waals surface area contributed by atoms with Crippen LogP contribution in [0.1, 0.15) is 52.0 Å². The van der Waals surface area contributed by atoms with Gasteiger partial charge in [0, 0.05) is 48.1 Å². The van der Waals surface area contributed by atoms with Crippen molar-refractivity contribution >= 4 is 23.2 Å². The van der Waals surface area contributed by atoms with Crippen molar-refractivity contribution < 1.29 is 19.1 Å². The van der Waals surface area contributed by atoms with Crippen molar-refractivity contribution in [2.75, 3.05) is 37.8 Å². The van der Waals surface area contributed by atoms with Gasteiger partial charge in [-0.15, -0.1) is 0 Å². The number of rotatable bonds is 4. The number of carbonyl (C=O) groups excluding carboxylic acids is 2. The third kappa shape index (κ3) is 4.31. The molecule has 0 amide bonds. The Morgan fingerprint density at radius 2 is 1.87 bits per heavy atom. The number of nitrogens with zero attached hydrogens (tertiary/aromatic N) is 2. The molecule has 3 aliphatic rings. The van der Waals surface area contributed by atoms with Crippen molar-refractivity contribution in [3.8, 4) is 0 Å². The number of carbonyl (C=O) groups is 2. The second kappa shape index (κ2) is 8.58. The summed E-state index contributed by atoms with van der Waals surface area (Å²) >= 11 is 0. The van der Waals surface area contributed by atoms with Gasteiger partial charge in [-0.2, -0.15) is 0 Å². The van der Waals surface area contributed by atoms with Crippen LogP contribution in [0.3, 0.4) is 0 Å². The van der Waals surface area contributed by atoms with Crippen LogP contribution in [0.15, 0.2) is 40.5 Å². The van der Waals surface area contributed by atoms with Crippen molar-refractivity contribution in [1.29, 1.82) is 0 Å². The first kappa shape index (κ1) is 21.8. The van der Waals surface area contributed by atoms with E-state index in [1.54, 1.807) is 6.92 Å². The summed E-state index contributed by atoms with van der Waals surface area (Å²) in [7, 11) is 0. The summed E-state index contributed by atoms with van der Waals surface area (Å²) in [5, 5.41) is 0. The molecule has 0 radical (unpaired) electrons. The standard InChI is InChI=1S/C25H32N2O4/c1-5-31-24(29)21-16(2)26-19-14-25(3,4)15-20(28)23(19)22(21)17-6-8-18(9-7-17)27-10-12-30-13-11-27/h6-9,21-22H,5,10-15H2,1-4H3/t21?,22-/m1/s1. The average Bonchev–Trinajstić information content (AvgIpc) is 2.72. The molecular weight excluding hydrogens is 392 g/mol. The van der Waals surface area contributed by atoms with Gasteiger partial charge in [0.05, 0.1) is 19.8 Å². The number of esters is 1. The third-order valence-corrected chi connectivity index (χ3v) is 6.47. The Kier molecular flexibility index (Phi) is 6.02. The topological polar surface area (TPSA) is 68.2 Å². The van der Waals surface area contributed by atoms with E-state index in [0.29, 0.717) is 18.6 Å². The Balaban J connectivity index is 1.75. The molecule has 1 saturated heterocycles. The van der Waals surface area contributed by atoms with Gasteiger partial charge in [-0.05, 0) is 43.4 Å². The van der Waals surface area contributed by atoms with Gasteiger partial charge in [-0.1, -0.05) is 26.0 Å². The minimum atomic E-state index is -0.571. The van der Waals surface area contributed by atoms with E-state index < -0.39 is 5.92 Å². The smallest absolute Gasteiger partial charge is 0.315 e. The summed E-state index contributed by atoms with van der Waals surface area (Å²) in [6, 6.07) is 8.28. The second-order valence-corrected chi connectivity index (χ2v) is 9.45. The fourth-order valence-corrected chi connectivity index (χ4v) is 5.06. The zero-order valence-corrected chi connectivity index (χ0v) is 18.9. The molecule has 2 aliphatic heterocycles. The Morgan fingerprint density at radius 1 is 1.19 bits per heavy atom. The van der Waals surface area contributed by atoms with E-state index in [1.165, 1.54) is 0 Å². The number of ketones is 1. The molecule has 4 rings (SSSR count). The monoisotopic (exact) mass is 424 g/mol. The molecule has 1 fully saturated rings. The molecule has 1 unspecified atom stereocenters. The first-order valence-corrected chi connectivity index (χ1v) is 11.2. The number of ether oxygens (including phenoxy) is 2. The normalized spacial score (nSPS) is 25.7. The number of aliphatic imine (C=N–C) groups is 1. The maximum Gasteiger partial charge on any atom is 0.315 e. The van der Waals surface area contributed by atoms with E-state index in [9.17, 15) is 9.59 Å². The highest BCUT2D eigenvalue weighted by atomic mass is 16.5. The molecule has 0 aromatic heterocycles. The van der Waals surface area contributed by atoms with Gasteiger partial charge in [-0.3, -0.25) is 14.6 Å². The van der Waals surface area contributed by atoms with Gasteiger partial charge in [0.1, 0.15) is 5.92 Å². The molecule has 0 spiro atoms. The lowest BCUT2D eigenvalue weighted by molar-refractivity contribution is -0.146. The van der Waals surface area contributed by atoms with Gasteiger partial charge >= 0.3 is 5.97 Å². The van der Waals surface area contributed by atoms with Crippen molar-refractivity contribution in [2.45, 2.75) is 46.5 Å². The highest BCUT2D eigenvalue weighted by molar-refractivity contribution is 6.09. The van der Waals surface area contributed by atoms with Gasteiger partial charge in [0.15, 0.2) is 5.78 Å². The number of benzene rings is 1. The SMILES string of the molecule is CCOC(=O)C1C(C)=NC2=C(C(=O)CC(C)(C)C2)[C@@H]1c1ccc(N2CCOCC2)cc1. The molecule has 2 heterocycles. The van der Waals surface area contributed by atoms with Crippen molar-refractivity contribution in [1.82, 2.24) is 0 Å². The predicted molar refractivity (Wildman–Crippen MR) is 120 cm³/mol. The molecular formula is C25H32N2O4. The molecule has 31 heavy (non-hydrogen) atoms. The minimum Gasteiger partial charge on any atom is -0.465 e. The van der Waals surface area contributed by atoms with E-state index >= 15 is 0 Å². The first-order chi connectivity index (χ1) is 14.8. The van der Waals surface area contributed by atoms with Crippen molar-refractivity contribution in [2.24, 2.45) is 16.3 Å². The molecule has 2 atom stereocenters. The van der Waals surface area contributed by atoms with Crippen LogP contribution in [-0.4, -0.2) is 50.4 Å². The molecule has 1 aliphatic carbocycles. The van der Waals surface area contributed by atoms with E-state index in [4.69, 9.17) is 14.5 Å². The lowest BCUT2D eigenvalue weighted by Crippen LogP contribution is -2.39. The van der Waals surface area contributed by atoms with Crippen LogP contribution in [0.2, 0.25) is 0 Å². The zero-order chi connectivity index (χ0) is 22.2. The van der Waals surface area contributed by atoms with Crippen LogP contribution in [0.5, 0.6) is 0 Å². The highest BCUT2D eigenvalue weighted by Crippen LogP contribution is 2.48. The molecule has 0 saturated carbocycles. The molecule has 6 nitrogen and oxygen atoms in total. The largest absolute Gasteiger partial charge is 0.465 e. The van der Waals surface area contributed by atoms with Crippen LogP contribution in [0, 0.1) is 11.3 Å². The quantitative estimate of drug-likeness (QED) is 0.686. The highest BCUT2D eigenvalue weighted by Gasteiger charge is 2.45. The maximum absolute atomic E-state index is 13.3. The number of hydrogen-bond donors (Lipinski definition) is 0. The summed E-state index contributed by atoms with van der Waals surface area (Å²) in [4.78, 5) is 33.3. The summed E-state index contributed by atoms with van der Waals surface area (Å²) in [5.74, 6) is -1.14. The summed E-state index contributed by atoms with van der Waals surface area (Å²) < 4.78 is 10.9. The van der Waals surface area contributed by atoms with E-state index in [1.807, 2.05) is 6.92 Å². The molecule has 6 heteroatoms. The van der Waals surface area contributed by atoms with Gasteiger partial charge in [0.2, 0.25) is 0 Å². The third-order valence-electron chi connectivity index (χ3n) is 6.47. The van der Waals surface area contributed by atoms with Crippen LogP contribution >= 0.6 is 0 Å². The Bertz CT molecular complexity index is 923. The van der Waals surface area contributed by atoms with E-state index in [0.717, 1.165) is 55.4 Å². The fourth-order valence-electron chi connectivity index (χ4n) is 5.06. The zero-order valence-electron chi connectivity index (χ0n) is 18.9. The number of anilines is 1. The van der Waals surface area contributed by atoms with Crippen molar-refractivity contribution in [3.05, 3.63) is 41.1 Å². The Labute approximate surface area is 184 Å². The average molecular weight is 425 g/mol. The first-order valence-electron chi connectivity index (χ1n) is 11.2. The van der Waals surface area contributed by atoms with Gasteiger partial charge in [-0.25, -0.2) is 0 Å².